The molecular weight excluding hydrogens is 572 g/mol. The molecule has 258 valence electrons. The summed E-state index contributed by atoms with van der Waals surface area (Å²) in [6.07, 6.45) is 15.4. The summed E-state index contributed by atoms with van der Waals surface area (Å²) in [5, 5.41) is 0. The van der Waals surface area contributed by atoms with Gasteiger partial charge in [0, 0.05) is 13.1 Å². The maximum atomic E-state index is 12.6. The second kappa shape index (κ2) is 25.4. The van der Waals surface area contributed by atoms with Gasteiger partial charge in [-0.2, -0.15) is 0 Å². The first-order valence-corrected chi connectivity index (χ1v) is 18.4. The van der Waals surface area contributed by atoms with Gasteiger partial charge in [0.25, 0.3) is 0 Å². The monoisotopic (exact) mass is 636 g/mol. The van der Waals surface area contributed by atoms with E-state index in [1.807, 2.05) is 24.3 Å². The average Bonchev–Trinajstić information content (AvgIpc) is 3.07. The molecule has 0 bridgehead atoms. The summed E-state index contributed by atoms with van der Waals surface area (Å²) in [5.41, 5.74) is 4.03. The van der Waals surface area contributed by atoms with Crippen molar-refractivity contribution in [3.63, 3.8) is 0 Å². The molecule has 0 radical (unpaired) electrons. The fraction of sp³-hybridized carbons (Fsp3) is 0.650. The zero-order valence-electron chi connectivity index (χ0n) is 29.7. The molecule has 2 aromatic rings. The topological polar surface area (TPSA) is 59.1 Å². The van der Waals surface area contributed by atoms with E-state index >= 15 is 0 Å². The molecule has 6 nitrogen and oxygen atoms in total. The molecule has 0 aliphatic carbocycles. The number of rotatable bonds is 27. The Kier molecular flexibility index (Phi) is 21.8. The van der Waals surface area contributed by atoms with Crippen LogP contribution in [0.4, 0.5) is 0 Å². The Morgan fingerprint density at radius 1 is 0.500 bits per heavy atom. The molecule has 2 aromatic carbocycles. The number of ether oxygens (including phenoxy) is 2. The number of hydrogen-bond donors (Lipinski definition) is 0. The van der Waals surface area contributed by atoms with E-state index in [9.17, 15) is 9.59 Å². The van der Waals surface area contributed by atoms with Crippen molar-refractivity contribution in [3.8, 4) is 11.1 Å². The summed E-state index contributed by atoms with van der Waals surface area (Å²) < 4.78 is 11.4. The molecule has 0 aliphatic heterocycles. The van der Waals surface area contributed by atoms with Crippen LogP contribution in [0.5, 0.6) is 0 Å². The highest BCUT2D eigenvalue weighted by molar-refractivity contribution is 5.70. The molecule has 0 saturated carbocycles. The summed E-state index contributed by atoms with van der Waals surface area (Å²) >= 11 is 0. The van der Waals surface area contributed by atoms with E-state index in [2.05, 4.69) is 61.8 Å². The highest BCUT2D eigenvalue weighted by atomic mass is 16.5. The number of hydrogen-bond acceptors (Lipinski definition) is 6. The highest BCUT2D eigenvalue weighted by Gasteiger charge is 2.12. The van der Waals surface area contributed by atoms with Gasteiger partial charge in [-0.25, -0.2) is 0 Å². The minimum atomic E-state index is -0.143. The first kappa shape index (κ1) is 39.5. The summed E-state index contributed by atoms with van der Waals surface area (Å²) in [4.78, 5) is 30.1. The van der Waals surface area contributed by atoms with Crippen LogP contribution in [-0.2, 0) is 32.3 Å². The molecule has 2 rings (SSSR count). The van der Waals surface area contributed by atoms with Gasteiger partial charge in [0.1, 0.15) is 13.2 Å². The van der Waals surface area contributed by atoms with Crippen molar-refractivity contribution < 1.29 is 19.1 Å². The predicted octanol–water partition coefficient (Wildman–Crippen LogP) is 9.59. The van der Waals surface area contributed by atoms with Crippen LogP contribution < -0.4 is 0 Å². The largest absolute Gasteiger partial charge is 0.461 e. The smallest absolute Gasteiger partial charge is 0.307 e. The van der Waals surface area contributed by atoms with Crippen molar-refractivity contribution in [1.82, 2.24) is 9.80 Å². The molecule has 0 aromatic heterocycles. The van der Waals surface area contributed by atoms with Gasteiger partial charge >= 0.3 is 11.9 Å². The molecule has 0 atom stereocenters. The van der Waals surface area contributed by atoms with E-state index < -0.39 is 0 Å². The first-order chi connectivity index (χ1) is 22.5. The molecule has 0 fully saturated rings. The van der Waals surface area contributed by atoms with Gasteiger partial charge in [-0.15, -0.1) is 0 Å². The van der Waals surface area contributed by atoms with Gasteiger partial charge < -0.3 is 19.3 Å². The van der Waals surface area contributed by atoms with Gasteiger partial charge in [0.2, 0.25) is 0 Å². The SMILES string of the molecule is CCCCCN(CCCCC)CCC(=O)OCc1cccc(-c2cccc(COC(=O)CCN(CCCCC)CCCCC)c2)c1. The van der Waals surface area contributed by atoms with Crippen LogP contribution in [0.2, 0.25) is 0 Å². The third-order valence-electron chi connectivity index (χ3n) is 8.56. The Morgan fingerprint density at radius 2 is 0.848 bits per heavy atom. The van der Waals surface area contributed by atoms with E-state index in [4.69, 9.17) is 9.47 Å². The van der Waals surface area contributed by atoms with Crippen molar-refractivity contribution in [2.24, 2.45) is 0 Å². The van der Waals surface area contributed by atoms with E-state index in [1.165, 1.54) is 77.0 Å². The van der Waals surface area contributed by atoms with E-state index in [-0.39, 0.29) is 25.2 Å². The summed E-state index contributed by atoms with van der Waals surface area (Å²) in [6.45, 7) is 15.2. The van der Waals surface area contributed by atoms with Gasteiger partial charge in [-0.1, -0.05) is 115 Å². The lowest BCUT2D eigenvalue weighted by molar-refractivity contribution is -0.146. The number of benzene rings is 2. The van der Waals surface area contributed by atoms with E-state index in [0.717, 1.165) is 61.5 Å². The Balaban J connectivity index is 1.84. The molecule has 0 heterocycles. The summed E-state index contributed by atoms with van der Waals surface area (Å²) in [5.74, 6) is -0.287. The van der Waals surface area contributed by atoms with Crippen LogP contribution in [0, 0.1) is 0 Å². The molecule has 46 heavy (non-hydrogen) atoms. The molecule has 0 aliphatic rings. The second-order valence-electron chi connectivity index (χ2n) is 12.7. The van der Waals surface area contributed by atoms with Crippen LogP contribution in [0.15, 0.2) is 48.5 Å². The molecule has 0 amide bonds. The van der Waals surface area contributed by atoms with Crippen LogP contribution in [0.3, 0.4) is 0 Å². The minimum Gasteiger partial charge on any atom is -0.461 e. The fourth-order valence-corrected chi connectivity index (χ4v) is 5.66. The number of esters is 2. The lowest BCUT2D eigenvalue weighted by atomic mass is 10.0. The van der Waals surface area contributed by atoms with Crippen molar-refractivity contribution in [3.05, 3.63) is 59.7 Å². The Morgan fingerprint density at radius 3 is 1.17 bits per heavy atom. The van der Waals surface area contributed by atoms with Crippen LogP contribution >= 0.6 is 0 Å². The van der Waals surface area contributed by atoms with Gasteiger partial charge in [-0.3, -0.25) is 9.59 Å². The van der Waals surface area contributed by atoms with Crippen LogP contribution in [-0.4, -0.2) is 61.0 Å². The van der Waals surface area contributed by atoms with E-state index in [0.29, 0.717) is 12.8 Å². The quantitative estimate of drug-likeness (QED) is 0.0719. The van der Waals surface area contributed by atoms with Crippen LogP contribution in [0.25, 0.3) is 11.1 Å². The van der Waals surface area contributed by atoms with Crippen molar-refractivity contribution in [2.75, 3.05) is 39.3 Å². The van der Waals surface area contributed by atoms with Crippen molar-refractivity contribution in [1.29, 1.82) is 0 Å². The van der Waals surface area contributed by atoms with Gasteiger partial charge in [0.15, 0.2) is 0 Å². The maximum Gasteiger partial charge on any atom is 0.307 e. The third kappa shape index (κ3) is 17.9. The molecular formula is C40H64N2O4. The fourth-order valence-electron chi connectivity index (χ4n) is 5.66. The van der Waals surface area contributed by atoms with Crippen molar-refractivity contribution >= 4 is 11.9 Å². The average molecular weight is 637 g/mol. The Hall–Kier alpha value is -2.70. The molecule has 6 heteroatoms. The second-order valence-corrected chi connectivity index (χ2v) is 12.7. The minimum absolute atomic E-state index is 0.143. The molecule has 0 unspecified atom stereocenters. The van der Waals surface area contributed by atoms with Gasteiger partial charge in [-0.05, 0) is 86.2 Å². The number of unbranched alkanes of at least 4 members (excludes halogenated alkanes) is 8. The normalized spacial score (nSPS) is 11.3. The molecule has 0 N–H and O–H groups in total. The molecule has 0 saturated heterocycles. The first-order valence-electron chi connectivity index (χ1n) is 18.4. The number of nitrogens with zero attached hydrogens (tertiary/aromatic N) is 2. The zero-order chi connectivity index (χ0) is 33.2. The van der Waals surface area contributed by atoms with Gasteiger partial charge in [0.05, 0.1) is 12.8 Å². The summed E-state index contributed by atoms with van der Waals surface area (Å²) in [6, 6.07) is 16.3. The Labute approximate surface area is 281 Å². The lowest BCUT2D eigenvalue weighted by Gasteiger charge is -2.21. The third-order valence-corrected chi connectivity index (χ3v) is 8.56. The Bertz CT molecular complexity index is 983. The number of carbonyl (C=O) groups excluding carboxylic acids is 2. The maximum absolute atomic E-state index is 12.6. The zero-order valence-corrected chi connectivity index (χ0v) is 29.7. The van der Waals surface area contributed by atoms with Crippen LogP contribution in [0.1, 0.15) is 129 Å². The number of carbonyl (C=O) groups is 2. The summed E-state index contributed by atoms with van der Waals surface area (Å²) in [7, 11) is 0. The highest BCUT2D eigenvalue weighted by Crippen LogP contribution is 2.23. The predicted molar refractivity (Wildman–Crippen MR) is 192 cm³/mol. The van der Waals surface area contributed by atoms with E-state index in [1.54, 1.807) is 0 Å². The lowest BCUT2D eigenvalue weighted by Crippen LogP contribution is -2.29. The molecule has 0 spiro atoms. The van der Waals surface area contributed by atoms with Crippen molar-refractivity contribution in [2.45, 2.75) is 131 Å². The standard InChI is InChI=1S/C40H64N2O4/c1-5-9-13-25-41(26-14-10-6-2)29-23-39(43)45-33-35-19-17-21-37(31-35)38-22-18-20-36(32-38)34-46-40(44)24-30-42(27-15-11-7-3)28-16-12-8-4/h17-22,31-32H,5-16,23-30,33-34H2,1-4H3.